The fraction of sp³-hybridized carbons (Fsp3) is 0.300. The molecular weight excluding hydrogens is 897 g/mol. The monoisotopic (exact) mass is 942 g/mol. The first kappa shape index (κ1) is 48.5. The van der Waals surface area contributed by atoms with E-state index >= 15 is 0 Å². The molecule has 7 heterocycles. The van der Waals surface area contributed by atoms with Gasteiger partial charge in [0, 0.05) is 54.1 Å². The number of imidazole rings is 2. The fourth-order valence-electron chi connectivity index (χ4n) is 7.91. The molecule has 6 aromatic heterocycles. The minimum absolute atomic E-state index is 0. The molecule has 1 aliphatic heterocycles. The van der Waals surface area contributed by atoms with E-state index in [1.807, 2.05) is 58.0 Å². The van der Waals surface area contributed by atoms with Gasteiger partial charge < -0.3 is 58.7 Å². The smallest absolute Gasteiger partial charge is 1.00 e. The molecule has 326 valence electrons. The van der Waals surface area contributed by atoms with E-state index in [1.165, 1.54) is 12.8 Å². The molecule has 2 saturated carbocycles. The van der Waals surface area contributed by atoms with Crippen molar-refractivity contribution in [2.45, 2.75) is 83.7 Å². The first-order valence-electron chi connectivity index (χ1n) is 21.0. The van der Waals surface area contributed by atoms with E-state index in [-0.39, 0.29) is 45.8 Å². The van der Waals surface area contributed by atoms with Gasteiger partial charge in [0.05, 0.1) is 44.7 Å². The molecule has 15 heteroatoms. The fourth-order valence-corrected chi connectivity index (χ4v) is 7.91. The Morgan fingerprint density at radius 2 is 1.29 bits per heavy atom. The zero-order valence-corrected chi connectivity index (χ0v) is 39.7. The van der Waals surface area contributed by atoms with Crippen LogP contribution in [0.4, 0.5) is 0 Å². The van der Waals surface area contributed by atoms with Gasteiger partial charge >= 0.3 is 23.1 Å². The van der Waals surface area contributed by atoms with Crippen molar-refractivity contribution in [1.29, 1.82) is 0 Å². The summed E-state index contributed by atoms with van der Waals surface area (Å²) < 4.78 is 15.6. The van der Waals surface area contributed by atoms with Gasteiger partial charge in [0.25, 0.3) is 0 Å². The largest absolute Gasteiger partial charge is 2.00 e. The van der Waals surface area contributed by atoms with Crippen molar-refractivity contribution in [3.63, 3.8) is 0 Å². The van der Waals surface area contributed by atoms with Crippen molar-refractivity contribution in [3.8, 4) is 41.0 Å². The second kappa shape index (κ2) is 20.9. The van der Waals surface area contributed by atoms with Crippen LogP contribution in [0.15, 0.2) is 82.1 Å². The summed E-state index contributed by atoms with van der Waals surface area (Å²) >= 11 is 0. The van der Waals surface area contributed by atoms with Crippen LogP contribution in [0.25, 0.3) is 44.3 Å². The molecule has 1 atom stereocenters. The maximum atomic E-state index is 13.2. The number of ketones is 1. The van der Waals surface area contributed by atoms with Crippen LogP contribution in [0.5, 0.6) is 0 Å². The molecule has 8 aromatic rings. The van der Waals surface area contributed by atoms with Crippen LogP contribution in [0.3, 0.4) is 0 Å². The number of hydrogen-bond donors (Lipinski definition) is 3. The predicted octanol–water partition coefficient (Wildman–Crippen LogP) is 5.94. The number of ether oxygens (including phenoxy) is 1. The molecule has 2 aliphatic carbocycles. The molecule has 13 nitrogen and oxygen atoms in total. The van der Waals surface area contributed by atoms with Crippen LogP contribution < -0.4 is 17.0 Å². The zero-order valence-electron chi connectivity index (χ0n) is 36.7. The number of halogens is 1. The summed E-state index contributed by atoms with van der Waals surface area (Å²) in [6.45, 7) is 9.54. The second-order valence-corrected chi connectivity index (χ2v) is 16.0. The minimum atomic E-state index is -1.72. The molecule has 3 N–H and O–H groups in total. The molecule has 0 spiro atoms. The van der Waals surface area contributed by atoms with Gasteiger partial charge in [-0.1, -0.05) is 28.4 Å². The molecule has 11 rings (SSSR count). The van der Waals surface area contributed by atoms with Gasteiger partial charge in [0.15, 0.2) is 5.60 Å². The van der Waals surface area contributed by atoms with Gasteiger partial charge in [-0.3, -0.25) is 14.8 Å². The number of pyridine rings is 2. The molecule has 0 radical (unpaired) electrons. The van der Waals surface area contributed by atoms with Gasteiger partial charge in [-0.05, 0) is 126 Å². The van der Waals surface area contributed by atoms with Gasteiger partial charge in [0.2, 0.25) is 5.78 Å². The Morgan fingerprint density at radius 3 is 1.74 bits per heavy atom. The molecule has 0 amide bonds. The van der Waals surface area contributed by atoms with Gasteiger partial charge in [-0.15, -0.1) is 6.42 Å². The standard InChI is InChI=1S/C23H20N4O2.C21H18N4O2.C4H8O.C2H.BrH.Mg/c1-4-23(28,19-7-5-6-10-24-19)17-11-16(20-13(2)27-29-14(20)3)12-18-21(17)26-22(25-18)15-8-9-15;1-11-18(12(2)27-25-11)14-9-15(20(26)16-5-3-4-8-22-16)19-17(10-14)23-21(24-19)13-6-7-13;1-2-4-5-3-1;1-2;;/h1,5-7,10-12,15,28H,8-9H2,2-3H3,(H,25,26);3-5,8-10,13H,6-7H2,1-2H3,(H,23,24);1-4H2;1H;1H;/q;;;-1;;+2/p-1. The summed E-state index contributed by atoms with van der Waals surface area (Å²) in [6, 6.07) is 18.5. The van der Waals surface area contributed by atoms with Crippen molar-refractivity contribution in [2.75, 3.05) is 13.2 Å². The number of nitrogens with zero attached hydrogens (tertiary/aromatic N) is 6. The average Bonchev–Trinajstić information content (AvgIpc) is 4.04. The zero-order chi connectivity index (χ0) is 44.3. The maximum Gasteiger partial charge on any atom is 2.00 e. The van der Waals surface area contributed by atoms with Crippen LogP contribution in [0.1, 0.15) is 112 Å². The number of carbonyl (C=O) groups excluding carboxylic acids is 1. The van der Waals surface area contributed by atoms with Gasteiger partial charge in [0.1, 0.15) is 28.9 Å². The number of fused-ring (bicyclic) bond motifs is 2. The van der Waals surface area contributed by atoms with Crippen molar-refractivity contribution in [1.82, 2.24) is 40.2 Å². The summed E-state index contributed by atoms with van der Waals surface area (Å²) in [5, 5.41) is 19.7. The van der Waals surface area contributed by atoms with Crippen molar-refractivity contribution in [2.24, 2.45) is 0 Å². The molecule has 3 fully saturated rings. The molecule has 1 unspecified atom stereocenters. The number of aromatic nitrogens is 8. The van der Waals surface area contributed by atoms with E-state index in [0.29, 0.717) is 51.1 Å². The number of aromatic amines is 2. The average molecular weight is 944 g/mol. The van der Waals surface area contributed by atoms with Crippen molar-refractivity contribution in [3.05, 3.63) is 137 Å². The first-order valence-corrected chi connectivity index (χ1v) is 21.0. The number of benzene rings is 2. The Balaban J connectivity index is 0.000000183. The number of aliphatic hydroxyl groups is 1. The van der Waals surface area contributed by atoms with Crippen LogP contribution in [0.2, 0.25) is 0 Å². The van der Waals surface area contributed by atoms with Crippen LogP contribution >= 0.6 is 0 Å². The molecule has 0 bridgehead atoms. The third kappa shape index (κ3) is 10.2. The third-order valence-corrected chi connectivity index (χ3v) is 11.4. The Labute approximate surface area is 403 Å². The number of nitrogens with one attached hydrogen (secondary N) is 2. The summed E-state index contributed by atoms with van der Waals surface area (Å²) in [7, 11) is 0. The summed E-state index contributed by atoms with van der Waals surface area (Å²) in [5.74, 6) is 6.64. The number of H-pyrrole nitrogens is 2. The van der Waals surface area contributed by atoms with E-state index in [2.05, 4.69) is 42.6 Å². The number of rotatable bonds is 8. The van der Waals surface area contributed by atoms with Crippen LogP contribution in [-0.4, -0.2) is 87.4 Å². The minimum Gasteiger partial charge on any atom is -1.00 e. The summed E-state index contributed by atoms with van der Waals surface area (Å²) in [6.07, 6.45) is 25.2. The van der Waals surface area contributed by atoms with Gasteiger partial charge in [-0.2, -0.15) is 0 Å². The molecular formula is C50H47BrMgN8O5. The normalized spacial score (nSPS) is 14.8. The first-order chi connectivity index (χ1) is 30.6. The van der Waals surface area contributed by atoms with E-state index < -0.39 is 5.60 Å². The third-order valence-electron chi connectivity index (χ3n) is 11.4. The van der Waals surface area contributed by atoms with Gasteiger partial charge in [-0.25, -0.2) is 9.97 Å². The van der Waals surface area contributed by atoms with Crippen LogP contribution in [-0.2, 0) is 10.3 Å². The number of carbonyl (C=O) groups is 1. The van der Waals surface area contributed by atoms with E-state index in [0.717, 1.165) is 101 Å². The quantitative estimate of drug-likeness (QED) is 0.0710. The molecule has 1 saturated heterocycles. The number of hydrogen-bond acceptors (Lipinski definition) is 11. The predicted molar refractivity (Wildman–Crippen MR) is 244 cm³/mol. The summed E-state index contributed by atoms with van der Waals surface area (Å²) in [4.78, 5) is 38.1. The van der Waals surface area contributed by atoms with Crippen LogP contribution in [0, 0.1) is 52.9 Å². The Kier molecular flexibility index (Phi) is 15.6. The second-order valence-electron chi connectivity index (χ2n) is 16.0. The Morgan fingerprint density at radius 1 is 0.769 bits per heavy atom. The van der Waals surface area contributed by atoms with E-state index in [9.17, 15) is 9.90 Å². The number of aryl methyl sites for hydroxylation is 4. The van der Waals surface area contributed by atoms with E-state index in [4.69, 9.17) is 36.6 Å². The Bertz CT molecular complexity index is 2930. The molecule has 2 aromatic carbocycles. The maximum absolute atomic E-state index is 13.2. The van der Waals surface area contributed by atoms with E-state index in [1.54, 1.807) is 42.7 Å². The Hall–Kier alpha value is -5.94. The summed E-state index contributed by atoms with van der Waals surface area (Å²) in [5.41, 5.74) is 8.30. The van der Waals surface area contributed by atoms with Crippen molar-refractivity contribution < 1.29 is 40.7 Å². The molecule has 3 aliphatic rings. The SMILES string of the molecule is C#CC(O)(c1ccccn1)c1cc(-c2c(C)noc2C)cc2[nH]c(C3CC3)nc12.C1CCOC1.Cc1noc(C)c1-c1cc(C(=O)c2ccccn2)c2nc(C3CC3)[nH]c2c1.[Br-].[C-]#C.[Mg+2]. The van der Waals surface area contributed by atoms with Crippen molar-refractivity contribution >= 4 is 50.9 Å². The molecule has 65 heavy (non-hydrogen) atoms. The number of terminal acetylenes is 2. The topological polar surface area (TPSA) is 182 Å².